The van der Waals surface area contributed by atoms with Crippen LogP contribution in [0.4, 0.5) is 4.79 Å². The number of para-hydroxylation sites is 1. The van der Waals surface area contributed by atoms with Crippen molar-refractivity contribution in [3.8, 4) is 0 Å². The van der Waals surface area contributed by atoms with E-state index in [1.54, 1.807) is 11.3 Å². The normalized spacial score (nSPS) is 18.5. The third-order valence-corrected chi connectivity index (χ3v) is 4.92. The van der Waals surface area contributed by atoms with Crippen molar-refractivity contribution in [3.63, 3.8) is 0 Å². The van der Waals surface area contributed by atoms with E-state index in [2.05, 4.69) is 21.6 Å². The van der Waals surface area contributed by atoms with Crippen LogP contribution in [0.2, 0.25) is 0 Å². The van der Waals surface area contributed by atoms with E-state index in [0.717, 1.165) is 29.9 Å². The third kappa shape index (κ3) is 3.10. The number of urea groups is 1. The minimum Gasteiger partial charge on any atom is -0.341 e. The summed E-state index contributed by atoms with van der Waals surface area (Å²) >= 11 is 1.68. The number of hydrogen-bond donors (Lipinski definition) is 2. The summed E-state index contributed by atoms with van der Waals surface area (Å²) in [5, 5.41) is 5.74. The molecular formula is C15H18N4O2S. The van der Waals surface area contributed by atoms with Crippen molar-refractivity contribution in [1.29, 1.82) is 0 Å². The zero-order chi connectivity index (χ0) is 15.5. The highest BCUT2D eigenvalue weighted by molar-refractivity contribution is 7.18. The van der Waals surface area contributed by atoms with E-state index in [1.165, 1.54) is 11.7 Å². The zero-order valence-electron chi connectivity index (χ0n) is 12.3. The number of nitrogens with one attached hydrogen (secondary N) is 2. The number of carbonyl (C=O) groups is 2. The van der Waals surface area contributed by atoms with Crippen LogP contribution < -0.4 is 10.6 Å². The largest absolute Gasteiger partial charge is 0.341 e. The van der Waals surface area contributed by atoms with Crippen molar-refractivity contribution < 1.29 is 9.59 Å². The summed E-state index contributed by atoms with van der Waals surface area (Å²) in [6, 6.07) is 7.75. The molecule has 2 aromatic rings. The topological polar surface area (TPSA) is 74.3 Å². The van der Waals surface area contributed by atoms with Gasteiger partial charge in [0.25, 0.3) is 0 Å². The number of hydrogen-bond acceptors (Lipinski definition) is 5. The third-order valence-electron chi connectivity index (χ3n) is 3.79. The number of aromatic nitrogens is 1. The van der Waals surface area contributed by atoms with Crippen molar-refractivity contribution in [2.45, 2.75) is 18.9 Å². The Morgan fingerprint density at radius 1 is 1.41 bits per heavy atom. The van der Waals surface area contributed by atoms with Gasteiger partial charge in [0.2, 0.25) is 5.91 Å². The molecule has 1 unspecified atom stereocenters. The highest BCUT2D eigenvalue weighted by atomic mass is 32.1. The Kier molecular flexibility index (Phi) is 4.35. The van der Waals surface area contributed by atoms with Gasteiger partial charge in [0, 0.05) is 7.05 Å². The Bertz CT molecular complexity index is 667. The minimum absolute atomic E-state index is 0.160. The molecule has 3 rings (SSSR count). The van der Waals surface area contributed by atoms with Gasteiger partial charge in [-0.15, -0.1) is 11.3 Å². The van der Waals surface area contributed by atoms with Crippen LogP contribution in [0, 0.1) is 0 Å². The van der Waals surface area contributed by atoms with Crippen molar-refractivity contribution in [1.82, 2.24) is 20.5 Å². The smallest absolute Gasteiger partial charge is 0.321 e. The zero-order valence-corrected chi connectivity index (χ0v) is 13.2. The highest BCUT2D eigenvalue weighted by Crippen LogP contribution is 2.35. The maximum absolute atomic E-state index is 11.9. The van der Waals surface area contributed by atoms with E-state index >= 15 is 0 Å². The van der Waals surface area contributed by atoms with Crippen molar-refractivity contribution >= 4 is 33.5 Å². The molecule has 0 aliphatic carbocycles. The van der Waals surface area contributed by atoms with Gasteiger partial charge in [-0.3, -0.25) is 15.0 Å². The lowest BCUT2D eigenvalue weighted by molar-refractivity contribution is -0.121. The lowest BCUT2D eigenvalue weighted by Crippen LogP contribution is -2.43. The van der Waals surface area contributed by atoms with E-state index in [0.29, 0.717) is 0 Å². The summed E-state index contributed by atoms with van der Waals surface area (Å²) in [7, 11) is 1.49. The molecule has 6 nitrogen and oxygen atoms in total. The van der Waals surface area contributed by atoms with Crippen LogP contribution >= 0.6 is 11.3 Å². The maximum Gasteiger partial charge on any atom is 0.321 e. The second kappa shape index (κ2) is 6.41. The van der Waals surface area contributed by atoms with Gasteiger partial charge in [-0.25, -0.2) is 9.78 Å². The van der Waals surface area contributed by atoms with Crippen LogP contribution in [0.15, 0.2) is 24.3 Å². The molecule has 7 heteroatoms. The summed E-state index contributed by atoms with van der Waals surface area (Å²) < 4.78 is 1.17. The summed E-state index contributed by atoms with van der Waals surface area (Å²) in [6.45, 7) is 1.07. The molecule has 3 amide bonds. The lowest BCUT2D eigenvalue weighted by Gasteiger charge is -2.21. The van der Waals surface area contributed by atoms with Gasteiger partial charge in [0.05, 0.1) is 22.8 Å². The predicted molar refractivity (Wildman–Crippen MR) is 85.8 cm³/mol. The fourth-order valence-corrected chi connectivity index (χ4v) is 3.88. The van der Waals surface area contributed by atoms with Gasteiger partial charge in [-0.2, -0.15) is 0 Å². The van der Waals surface area contributed by atoms with Crippen molar-refractivity contribution in [2.75, 3.05) is 20.1 Å². The molecule has 2 heterocycles. The predicted octanol–water partition coefficient (Wildman–Crippen LogP) is 1.89. The Hall–Kier alpha value is -1.99. The molecule has 0 radical (unpaired) electrons. The molecule has 1 aromatic heterocycles. The number of amides is 3. The number of likely N-dealkylation sites (tertiary alicyclic amines) is 1. The van der Waals surface area contributed by atoms with E-state index in [9.17, 15) is 9.59 Å². The lowest BCUT2D eigenvalue weighted by atomic mass is 10.2. The SMILES string of the molecule is CNC(=O)NC(=O)CN1CCCC1c1nc2ccccc2s1. The molecule has 1 fully saturated rings. The van der Waals surface area contributed by atoms with Gasteiger partial charge in [0.1, 0.15) is 5.01 Å². The molecule has 1 aromatic carbocycles. The molecule has 1 aliphatic heterocycles. The second-order valence-corrected chi connectivity index (χ2v) is 6.34. The molecule has 0 saturated carbocycles. The fourth-order valence-electron chi connectivity index (χ4n) is 2.74. The van der Waals surface area contributed by atoms with Crippen LogP contribution in [-0.4, -0.2) is 42.0 Å². The second-order valence-electron chi connectivity index (χ2n) is 5.28. The molecule has 1 atom stereocenters. The van der Waals surface area contributed by atoms with Gasteiger partial charge in [0.15, 0.2) is 0 Å². The van der Waals surface area contributed by atoms with E-state index in [-0.39, 0.29) is 18.5 Å². The molecule has 0 spiro atoms. The van der Waals surface area contributed by atoms with Gasteiger partial charge in [-0.1, -0.05) is 12.1 Å². The molecule has 116 valence electrons. The van der Waals surface area contributed by atoms with E-state index < -0.39 is 6.03 Å². The molecule has 22 heavy (non-hydrogen) atoms. The Morgan fingerprint density at radius 2 is 2.23 bits per heavy atom. The van der Waals surface area contributed by atoms with Gasteiger partial charge in [-0.05, 0) is 31.5 Å². The Morgan fingerprint density at radius 3 is 3.00 bits per heavy atom. The number of fused-ring (bicyclic) bond motifs is 1. The first-order chi connectivity index (χ1) is 10.7. The standard InChI is InChI=1S/C15H18N4O2S/c1-16-15(21)18-13(20)9-19-8-4-6-11(19)14-17-10-5-2-3-7-12(10)22-14/h2-3,5,7,11H,4,6,8-9H2,1H3,(H2,16,18,20,21). The highest BCUT2D eigenvalue weighted by Gasteiger charge is 2.30. The van der Waals surface area contributed by atoms with Crippen LogP contribution in [0.25, 0.3) is 10.2 Å². The average Bonchev–Trinajstić information content (AvgIpc) is 3.12. The molecule has 0 bridgehead atoms. The number of thiazole rings is 1. The van der Waals surface area contributed by atoms with Crippen molar-refractivity contribution in [3.05, 3.63) is 29.3 Å². The monoisotopic (exact) mass is 318 g/mol. The number of imide groups is 1. The Labute approximate surface area is 132 Å². The van der Waals surface area contributed by atoms with E-state index in [4.69, 9.17) is 4.98 Å². The minimum atomic E-state index is -0.472. The Balaban J connectivity index is 1.72. The van der Waals surface area contributed by atoms with Gasteiger partial charge < -0.3 is 5.32 Å². The molecular weight excluding hydrogens is 300 g/mol. The number of carbonyl (C=O) groups excluding carboxylic acids is 2. The first-order valence-electron chi connectivity index (χ1n) is 7.28. The average molecular weight is 318 g/mol. The molecule has 1 saturated heterocycles. The summed E-state index contributed by atoms with van der Waals surface area (Å²) in [4.78, 5) is 29.9. The van der Waals surface area contributed by atoms with Gasteiger partial charge >= 0.3 is 6.03 Å². The summed E-state index contributed by atoms with van der Waals surface area (Å²) in [5.74, 6) is -0.285. The van der Waals surface area contributed by atoms with Crippen LogP contribution in [0.5, 0.6) is 0 Å². The maximum atomic E-state index is 11.9. The van der Waals surface area contributed by atoms with Crippen LogP contribution in [0.3, 0.4) is 0 Å². The summed E-state index contributed by atoms with van der Waals surface area (Å²) in [6.07, 6.45) is 2.03. The quantitative estimate of drug-likeness (QED) is 0.906. The number of rotatable bonds is 3. The summed E-state index contributed by atoms with van der Waals surface area (Å²) in [5.41, 5.74) is 1.00. The van der Waals surface area contributed by atoms with Crippen LogP contribution in [-0.2, 0) is 4.79 Å². The number of nitrogens with zero attached hydrogens (tertiary/aromatic N) is 2. The number of benzene rings is 1. The van der Waals surface area contributed by atoms with E-state index in [1.807, 2.05) is 18.2 Å². The first kappa shape index (κ1) is 14.9. The van der Waals surface area contributed by atoms with Crippen LogP contribution in [0.1, 0.15) is 23.9 Å². The first-order valence-corrected chi connectivity index (χ1v) is 8.10. The molecule has 2 N–H and O–H groups in total. The fraction of sp³-hybridized carbons (Fsp3) is 0.400. The molecule has 1 aliphatic rings. The van der Waals surface area contributed by atoms with Crippen molar-refractivity contribution in [2.24, 2.45) is 0 Å².